The Labute approximate surface area is 143 Å². The van der Waals surface area contributed by atoms with Gasteiger partial charge in [-0.15, -0.1) is 0 Å². The first-order valence-corrected chi connectivity index (χ1v) is 8.88. The van der Waals surface area contributed by atoms with Gasteiger partial charge in [-0.05, 0) is 53.7 Å². The Hall–Kier alpha value is 0.402. The largest absolute Gasteiger partial charge is 0.497 e. The Morgan fingerprint density at radius 3 is 1.90 bits per heavy atom. The van der Waals surface area contributed by atoms with Crippen LogP contribution in [0.4, 0.5) is 0 Å². The average Bonchev–Trinajstić information content (AvgIpc) is 2.27. The molecule has 0 spiro atoms. The third-order valence-electron chi connectivity index (χ3n) is 3.72. The van der Waals surface area contributed by atoms with Crippen LogP contribution in [0.15, 0.2) is 24.3 Å². The molecule has 0 aliphatic carbocycles. The Balaban J connectivity index is 0.00000361. The summed E-state index contributed by atoms with van der Waals surface area (Å²) in [6.45, 7) is 13.7. The Morgan fingerprint density at radius 2 is 1.55 bits per heavy atom. The van der Waals surface area contributed by atoms with Gasteiger partial charge in [0.2, 0.25) is 0 Å². The molecule has 4 heteroatoms. The smallest absolute Gasteiger partial charge is 0.122 e. The number of hydrogen-bond acceptors (Lipinski definition) is 1. The molecule has 20 heavy (non-hydrogen) atoms. The van der Waals surface area contributed by atoms with Crippen molar-refractivity contribution in [3.8, 4) is 5.75 Å². The molecule has 1 aromatic carbocycles. The minimum Gasteiger partial charge on any atom is -0.497 e. The van der Waals surface area contributed by atoms with Crippen molar-refractivity contribution in [1.82, 2.24) is 0 Å². The van der Waals surface area contributed by atoms with Crippen LogP contribution < -0.4 is 10.0 Å². The zero-order valence-corrected chi connectivity index (χ0v) is 16.6. The van der Waals surface area contributed by atoms with Gasteiger partial charge in [-0.1, -0.05) is 18.9 Å². The minimum atomic E-state index is -1.68. The van der Waals surface area contributed by atoms with Crippen LogP contribution in [0.2, 0.25) is 0 Å². The van der Waals surface area contributed by atoms with E-state index in [0.29, 0.717) is 0 Å². The van der Waals surface area contributed by atoms with E-state index in [2.05, 4.69) is 59.7 Å². The molecule has 1 rings (SSSR count). The summed E-state index contributed by atoms with van der Waals surface area (Å²) in [5, 5.41) is 1.53. The van der Waals surface area contributed by atoms with Crippen molar-refractivity contribution in [3.63, 3.8) is 0 Å². The van der Waals surface area contributed by atoms with Crippen molar-refractivity contribution in [2.24, 2.45) is 0 Å². The summed E-state index contributed by atoms with van der Waals surface area (Å²) in [7, 11) is 0.0294. The fraction of sp³-hybridized carbons (Fsp3) is 0.562. The third-order valence-corrected chi connectivity index (χ3v) is 10.2. The van der Waals surface area contributed by atoms with Gasteiger partial charge in [0.05, 0.1) is 22.7 Å². The number of methoxy groups -OCH3 is 1. The van der Waals surface area contributed by atoms with Crippen molar-refractivity contribution in [3.05, 3.63) is 29.9 Å². The van der Waals surface area contributed by atoms with Gasteiger partial charge in [0, 0.05) is 26.5 Å². The summed E-state index contributed by atoms with van der Waals surface area (Å²) in [4.78, 5) is 0. The van der Waals surface area contributed by atoms with Gasteiger partial charge >= 0.3 is 0 Å². The SMILES string of the molecule is COc1cccc([P+]([CH-]Cl)(C(C)(C)C)C(C)(C)C)c1.[Pd]. The minimum absolute atomic E-state index is 0. The van der Waals surface area contributed by atoms with Gasteiger partial charge in [-0.25, -0.2) is 0 Å². The molecule has 0 amide bonds. The maximum Gasteiger partial charge on any atom is 0.122 e. The normalized spacial score (nSPS) is 12.8. The van der Waals surface area contributed by atoms with Crippen LogP contribution in [-0.4, -0.2) is 17.4 Å². The van der Waals surface area contributed by atoms with Crippen molar-refractivity contribution >= 4 is 24.2 Å². The molecule has 0 N–H and O–H groups in total. The summed E-state index contributed by atoms with van der Waals surface area (Å²) in [6, 6.07) is 8.37. The predicted molar refractivity (Wildman–Crippen MR) is 89.2 cm³/mol. The average molecular weight is 407 g/mol. The van der Waals surface area contributed by atoms with E-state index >= 15 is 0 Å². The van der Waals surface area contributed by atoms with Gasteiger partial charge in [0.1, 0.15) is 5.75 Å². The maximum atomic E-state index is 6.41. The van der Waals surface area contributed by atoms with E-state index < -0.39 is 7.26 Å². The monoisotopic (exact) mass is 406 g/mol. The Kier molecular flexibility index (Phi) is 7.25. The number of hydrogen-bond donors (Lipinski definition) is 0. The molecule has 0 aliphatic rings. The topological polar surface area (TPSA) is 9.23 Å². The van der Waals surface area contributed by atoms with E-state index in [9.17, 15) is 0 Å². The number of ether oxygens (including phenoxy) is 1. The van der Waals surface area contributed by atoms with Crippen LogP contribution in [0.1, 0.15) is 41.5 Å². The van der Waals surface area contributed by atoms with Gasteiger partial charge in [-0.2, -0.15) is 0 Å². The van der Waals surface area contributed by atoms with E-state index in [4.69, 9.17) is 16.3 Å². The fourth-order valence-corrected chi connectivity index (χ4v) is 9.97. The van der Waals surface area contributed by atoms with Crippen LogP contribution in [0, 0.1) is 5.62 Å². The van der Waals surface area contributed by atoms with Gasteiger partial charge in [-0.3, -0.25) is 0 Å². The summed E-state index contributed by atoms with van der Waals surface area (Å²) in [5.74, 6) is 0.897. The molecular formula is C16H26ClOPPd. The van der Waals surface area contributed by atoms with Crippen molar-refractivity contribution in [2.75, 3.05) is 7.11 Å². The number of benzene rings is 1. The molecule has 118 valence electrons. The van der Waals surface area contributed by atoms with E-state index in [1.807, 2.05) is 11.7 Å². The Bertz CT molecular complexity index is 421. The van der Waals surface area contributed by atoms with E-state index in [1.54, 1.807) is 7.11 Å². The first-order chi connectivity index (χ1) is 8.60. The zero-order chi connectivity index (χ0) is 14.9. The van der Waals surface area contributed by atoms with Crippen LogP contribution in [0.3, 0.4) is 0 Å². The van der Waals surface area contributed by atoms with Crippen LogP contribution in [0.5, 0.6) is 5.75 Å². The molecule has 1 nitrogen and oxygen atoms in total. The fourth-order valence-electron chi connectivity index (χ4n) is 2.96. The first-order valence-electron chi connectivity index (χ1n) is 6.58. The van der Waals surface area contributed by atoms with Gasteiger partial charge in [0.25, 0.3) is 0 Å². The molecule has 0 heterocycles. The van der Waals surface area contributed by atoms with E-state index in [1.165, 1.54) is 5.30 Å². The van der Waals surface area contributed by atoms with Crippen LogP contribution >= 0.6 is 18.9 Å². The summed E-state index contributed by atoms with van der Waals surface area (Å²) in [6.07, 6.45) is 0. The second kappa shape index (κ2) is 7.11. The molecule has 0 bridgehead atoms. The predicted octanol–water partition coefficient (Wildman–Crippen LogP) is 5.29. The summed E-state index contributed by atoms with van der Waals surface area (Å²) >= 11 is 6.41. The molecule has 0 saturated heterocycles. The van der Waals surface area contributed by atoms with Crippen LogP contribution in [0.25, 0.3) is 0 Å². The van der Waals surface area contributed by atoms with Gasteiger partial charge in [0.15, 0.2) is 0 Å². The molecule has 0 unspecified atom stereocenters. The first kappa shape index (κ1) is 20.4. The molecule has 0 saturated carbocycles. The van der Waals surface area contributed by atoms with E-state index in [0.717, 1.165) is 5.75 Å². The maximum absolute atomic E-state index is 6.41. The van der Waals surface area contributed by atoms with E-state index in [-0.39, 0.29) is 30.7 Å². The third kappa shape index (κ3) is 3.59. The molecule has 0 fully saturated rings. The Morgan fingerprint density at radius 1 is 1.05 bits per heavy atom. The van der Waals surface area contributed by atoms with Crippen molar-refractivity contribution in [1.29, 1.82) is 0 Å². The zero-order valence-electron chi connectivity index (χ0n) is 13.4. The molecule has 0 atom stereocenters. The number of rotatable bonds is 3. The molecule has 0 aliphatic heterocycles. The second-order valence-corrected chi connectivity index (χ2v) is 12.3. The summed E-state index contributed by atoms with van der Waals surface area (Å²) in [5.41, 5.74) is 1.95. The molecule has 0 radical (unpaired) electrons. The molecule has 0 aromatic heterocycles. The van der Waals surface area contributed by atoms with Crippen LogP contribution in [-0.2, 0) is 20.4 Å². The second-order valence-electron chi connectivity index (χ2n) is 6.86. The van der Waals surface area contributed by atoms with Crippen molar-refractivity contribution < 1.29 is 25.2 Å². The molecular weight excluding hydrogens is 381 g/mol. The molecule has 1 aromatic rings. The van der Waals surface area contributed by atoms with Crippen molar-refractivity contribution in [2.45, 2.75) is 51.9 Å². The quantitative estimate of drug-likeness (QED) is 0.376. The number of halogens is 1. The van der Waals surface area contributed by atoms with Gasteiger partial charge < -0.3 is 16.3 Å². The standard InChI is InChI=1S/C16H26ClOP.Pd/c1-15(2,3)19(12-17,16(4,5)6)14-10-8-9-13(11-14)18-7;/h8-12H,1-7H3;. The summed E-state index contributed by atoms with van der Waals surface area (Å²) < 4.78 is 5.38.